The van der Waals surface area contributed by atoms with E-state index in [1.54, 1.807) is 4.68 Å². The van der Waals surface area contributed by atoms with E-state index in [4.69, 9.17) is 5.11 Å². The molecule has 0 bridgehead atoms. The second-order valence-corrected chi connectivity index (χ2v) is 5.02. The Morgan fingerprint density at radius 3 is 2.67 bits per heavy atom. The fourth-order valence-electron chi connectivity index (χ4n) is 1.92. The molecule has 1 heterocycles. The molecule has 0 aliphatic carbocycles. The van der Waals surface area contributed by atoms with E-state index in [1.807, 2.05) is 33.8 Å². The van der Waals surface area contributed by atoms with Crippen LogP contribution in [-0.4, -0.2) is 32.9 Å². The van der Waals surface area contributed by atoms with Crippen LogP contribution in [0.5, 0.6) is 0 Å². The molecule has 1 rings (SSSR count). The molecule has 0 fully saturated rings. The van der Waals surface area contributed by atoms with Gasteiger partial charge in [0, 0.05) is 17.8 Å². The highest BCUT2D eigenvalue weighted by molar-refractivity contribution is 5.76. The van der Waals surface area contributed by atoms with Crippen molar-refractivity contribution < 1.29 is 9.90 Å². The normalized spacial score (nSPS) is 14.3. The van der Waals surface area contributed by atoms with E-state index in [-0.39, 0.29) is 24.6 Å². The number of aliphatic hydroxyl groups excluding tert-OH is 1. The summed E-state index contributed by atoms with van der Waals surface area (Å²) in [6.45, 7) is 8.08. The Kier molecular flexibility index (Phi) is 4.90. The Hall–Kier alpha value is -1.36. The summed E-state index contributed by atoms with van der Waals surface area (Å²) < 4.78 is 1.69. The number of rotatable bonds is 6. The van der Waals surface area contributed by atoms with Gasteiger partial charge < -0.3 is 10.4 Å². The summed E-state index contributed by atoms with van der Waals surface area (Å²) in [5, 5.41) is 16.2. The van der Waals surface area contributed by atoms with Crippen LogP contribution in [0.4, 0.5) is 0 Å². The van der Waals surface area contributed by atoms with Crippen molar-refractivity contribution in [1.82, 2.24) is 15.1 Å². The number of hydrogen-bond donors (Lipinski definition) is 2. The maximum Gasteiger partial charge on any atom is 0.242 e. The van der Waals surface area contributed by atoms with Crippen LogP contribution >= 0.6 is 0 Å². The highest BCUT2D eigenvalue weighted by Gasteiger charge is 2.23. The molecule has 1 aromatic rings. The lowest BCUT2D eigenvalue weighted by Gasteiger charge is -2.29. The van der Waals surface area contributed by atoms with Crippen LogP contribution in [0.1, 0.15) is 38.1 Å². The standard InChI is InChI=1S/C13H23N3O2/c1-5-13(4,6-7-17)14-12(18)9-16-11(3)8-10(2)15-16/h8,17H,5-7,9H2,1-4H3,(H,14,18). The first kappa shape index (κ1) is 14.7. The Morgan fingerprint density at radius 1 is 1.56 bits per heavy atom. The van der Waals surface area contributed by atoms with E-state index >= 15 is 0 Å². The third-order valence-corrected chi connectivity index (χ3v) is 3.28. The molecule has 18 heavy (non-hydrogen) atoms. The summed E-state index contributed by atoms with van der Waals surface area (Å²) in [4.78, 5) is 12.0. The number of nitrogens with one attached hydrogen (secondary N) is 1. The summed E-state index contributed by atoms with van der Waals surface area (Å²) in [6, 6.07) is 1.94. The van der Waals surface area contributed by atoms with Gasteiger partial charge in [-0.2, -0.15) is 5.10 Å². The molecule has 0 saturated heterocycles. The quantitative estimate of drug-likeness (QED) is 0.799. The number of carbonyl (C=O) groups excluding carboxylic acids is 1. The van der Waals surface area contributed by atoms with Crippen LogP contribution in [0.15, 0.2) is 6.07 Å². The van der Waals surface area contributed by atoms with E-state index in [0.29, 0.717) is 6.42 Å². The van der Waals surface area contributed by atoms with Gasteiger partial charge in [0.25, 0.3) is 0 Å². The van der Waals surface area contributed by atoms with Crippen molar-refractivity contribution in [3.63, 3.8) is 0 Å². The lowest BCUT2D eigenvalue weighted by atomic mass is 9.95. The Labute approximate surface area is 108 Å². The van der Waals surface area contributed by atoms with Crippen LogP contribution in [0, 0.1) is 13.8 Å². The van der Waals surface area contributed by atoms with Gasteiger partial charge in [-0.25, -0.2) is 0 Å². The van der Waals surface area contributed by atoms with Crippen molar-refractivity contribution in [2.75, 3.05) is 6.61 Å². The fraction of sp³-hybridized carbons (Fsp3) is 0.692. The highest BCUT2D eigenvalue weighted by atomic mass is 16.3. The SMILES string of the molecule is CCC(C)(CCO)NC(=O)Cn1nc(C)cc1C. The molecule has 0 spiro atoms. The molecule has 0 aliphatic rings. The average molecular weight is 253 g/mol. The molecular formula is C13H23N3O2. The van der Waals surface area contributed by atoms with Crippen molar-refractivity contribution in [2.24, 2.45) is 0 Å². The number of aliphatic hydroxyl groups is 1. The number of aryl methyl sites for hydroxylation is 2. The largest absolute Gasteiger partial charge is 0.396 e. The third-order valence-electron chi connectivity index (χ3n) is 3.28. The molecule has 1 aromatic heterocycles. The van der Waals surface area contributed by atoms with Crippen molar-refractivity contribution in [1.29, 1.82) is 0 Å². The van der Waals surface area contributed by atoms with E-state index < -0.39 is 0 Å². The summed E-state index contributed by atoms with van der Waals surface area (Å²) in [5.41, 5.74) is 1.54. The average Bonchev–Trinajstić information content (AvgIpc) is 2.57. The molecule has 5 heteroatoms. The van der Waals surface area contributed by atoms with Crippen LogP contribution in [0.2, 0.25) is 0 Å². The monoisotopic (exact) mass is 253 g/mol. The van der Waals surface area contributed by atoms with Gasteiger partial charge >= 0.3 is 0 Å². The molecule has 2 N–H and O–H groups in total. The van der Waals surface area contributed by atoms with Gasteiger partial charge in [-0.3, -0.25) is 9.48 Å². The van der Waals surface area contributed by atoms with Crippen molar-refractivity contribution in [2.45, 2.75) is 52.6 Å². The maximum absolute atomic E-state index is 12.0. The van der Waals surface area contributed by atoms with Crippen molar-refractivity contribution in [3.05, 3.63) is 17.5 Å². The minimum absolute atomic E-state index is 0.0704. The fourth-order valence-corrected chi connectivity index (χ4v) is 1.92. The predicted octanol–water partition coefficient (Wildman–Crippen LogP) is 1.17. The minimum atomic E-state index is -0.345. The molecule has 102 valence electrons. The summed E-state index contributed by atoms with van der Waals surface area (Å²) in [6.07, 6.45) is 1.35. The van der Waals surface area contributed by atoms with Crippen molar-refractivity contribution in [3.8, 4) is 0 Å². The first-order chi connectivity index (χ1) is 8.40. The highest BCUT2D eigenvalue weighted by Crippen LogP contribution is 2.13. The number of aromatic nitrogens is 2. The molecule has 5 nitrogen and oxygen atoms in total. The predicted molar refractivity (Wildman–Crippen MR) is 70.2 cm³/mol. The number of nitrogens with zero attached hydrogens (tertiary/aromatic N) is 2. The lowest BCUT2D eigenvalue weighted by molar-refractivity contribution is -0.123. The summed E-state index contributed by atoms with van der Waals surface area (Å²) in [7, 11) is 0. The Morgan fingerprint density at radius 2 is 2.22 bits per heavy atom. The first-order valence-electron chi connectivity index (χ1n) is 6.33. The number of hydrogen-bond acceptors (Lipinski definition) is 3. The zero-order valence-corrected chi connectivity index (χ0v) is 11.7. The second-order valence-electron chi connectivity index (χ2n) is 5.02. The molecule has 1 amide bonds. The Bertz CT molecular complexity index is 414. The molecule has 0 saturated carbocycles. The van der Waals surface area contributed by atoms with Gasteiger partial charge in [-0.15, -0.1) is 0 Å². The van der Waals surface area contributed by atoms with E-state index in [2.05, 4.69) is 10.4 Å². The van der Waals surface area contributed by atoms with Gasteiger partial charge in [0.2, 0.25) is 5.91 Å². The molecule has 0 aromatic carbocycles. The lowest BCUT2D eigenvalue weighted by Crippen LogP contribution is -2.47. The molecular weight excluding hydrogens is 230 g/mol. The smallest absolute Gasteiger partial charge is 0.242 e. The summed E-state index contributed by atoms with van der Waals surface area (Å²) >= 11 is 0. The summed E-state index contributed by atoms with van der Waals surface area (Å²) in [5.74, 6) is -0.0704. The zero-order chi connectivity index (χ0) is 13.8. The topological polar surface area (TPSA) is 67.2 Å². The molecule has 0 radical (unpaired) electrons. The van der Waals surface area contributed by atoms with E-state index in [9.17, 15) is 4.79 Å². The zero-order valence-electron chi connectivity index (χ0n) is 11.7. The van der Waals surface area contributed by atoms with Gasteiger partial charge in [0.15, 0.2) is 0 Å². The second kappa shape index (κ2) is 6.00. The Balaban J connectivity index is 2.63. The van der Waals surface area contributed by atoms with Gasteiger partial charge in [-0.1, -0.05) is 6.92 Å². The molecule has 1 atom stereocenters. The van der Waals surface area contributed by atoms with Crippen LogP contribution in [0.3, 0.4) is 0 Å². The van der Waals surface area contributed by atoms with Crippen LogP contribution in [-0.2, 0) is 11.3 Å². The third kappa shape index (κ3) is 3.84. The number of amides is 1. The maximum atomic E-state index is 12.0. The molecule has 0 aliphatic heterocycles. The van der Waals surface area contributed by atoms with Gasteiger partial charge in [0.05, 0.1) is 5.69 Å². The van der Waals surface area contributed by atoms with E-state index in [0.717, 1.165) is 17.8 Å². The number of carbonyl (C=O) groups is 1. The van der Waals surface area contributed by atoms with E-state index in [1.165, 1.54) is 0 Å². The minimum Gasteiger partial charge on any atom is -0.396 e. The van der Waals surface area contributed by atoms with Crippen molar-refractivity contribution >= 4 is 5.91 Å². The molecule has 1 unspecified atom stereocenters. The van der Waals surface area contributed by atoms with Crippen LogP contribution in [0.25, 0.3) is 0 Å². The first-order valence-corrected chi connectivity index (χ1v) is 6.33. The van der Waals surface area contributed by atoms with Gasteiger partial charge in [-0.05, 0) is 39.7 Å². The van der Waals surface area contributed by atoms with Gasteiger partial charge in [0.1, 0.15) is 6.54 Å². The van der Waals surface area contributed by atoms with Crippen LogP contribution < -0.4 is 5.32 Å².